The van der Waals surface area contributed by atoms with E-state index in [4.69, 9.17) is 5.73 Å². The van der Waals surface area contributed by atoms with E-state index in [0.717, 1.165) is 12.0 Å². The predicted octanol–water partition coefficient (Wildman–Crippen LogP) is 1.43. The SMILES string of the molecule is CCC#Cc1ccc(N)nc1. The summed E-state index contributed by atoms with van der Waals surface area (Å²) >= 11 is 0. The fourth-order valence-electron chi connectivity index (χ4n) is 0.670. The molecule has 0 aliphatic carbocycles. The van der Waals surface area contributed by atoms with Crippen LogP contribution in [0.1, 0.15) is 18.9 Å². The van der Waals surface area contributed by atoms with Crippen LogP contribution >= 0.6 is 0 Å². The van der Waals surface area contributed by atoms with Gasteiger partial charge in [-0.2, -0.15) is 0 Å². The number of aromatic nitrogens is 1. The smallest absolute Gasteiger partial charge is 0.123 e. The molecule has 0 amide bonds. The molecule has 2 N–H and O–H groups in total. The van der Waals surface area contributed by atoms with Gasteiger partial charge in [-0.3, -0.25) is 0 Å². The Morgan fingerprint density at radius 1 is 1.55 bits per heavy atom. The molecule has 1 aromatic heterocycles. The Labute approximate surface area is 66.4 Å². The molecule has 1 rings (SSSR count). The number of pyridine rings is 1. The number of hydrogen-bond acceptors (Lipinski definition) is 2. The molecule has 0 aliphatic heterocycles. The first-order valence-electron chi connectivity index (χ1n) is 3.53. The normalized spacial score (nSPS) is 8.45. The molecule has 0 bridgehead atoms. The molecule has 1 aromatic rings. The standard InChI is InChI=1S/C9H10N2/c1-2-3-4-8-5-6-9(10)11-7-8/h5-7H,2H2,1H3,(H2,10,11). The Morgan fingerprint density at radius 2 is 2.36 bits per heavy atom. The second kappa shape index (κ2) is 3.62. The van der Waals surface area contributed by atoms with E-state index >= 15 is 0 Å². The van der Waals surface area contributed by atoms with Gasteiger partial charge in [-0.05, 0) is 12.1 Å². The summed E-state index contributed by atoms with van der Waals surface area (Å²) in [4.78, 5) is 3.91. The van der Waals surface area contributed by atoms with Crippen LogP contribution in [0, 0.1) is 11.8 Å². The van der Waals surface area contributed by atoms with Crippen LogP contribution in [-0.2, 0) is 0 Å². The molecular formula is C9H10N2. The van der Waals surface area contributed by atoms with Crippen LogP contribution in [-0.4, -0.2) is 4.98 Å². The van der Waals surface area contributed by atoms with E-state index in [1.165, 1.54) is 0 Å². The minimum absolute atomic E-state index is 0.534. The Bertz CT molecular complexity index is 277. The van der Waals surface area contributed by atoms with Crippen molar-refractivity contribution in [3.8, 4) is 11.8 Å². The van der Waals surface area contributed by atoms with E-state index in [1.807, 2.05) is 13.0 Å². The van der Waals surface area contributed by atoms with Gasteiger partial charge in [0.25, 0.3) is 0 Å². The highest BCUT2D eigenvalue weighted by molar-refractivity contribution is 5.37. The van der Waals surface area contributed by atoms with Crippen molar-refractivity contribution in [3.05, 3.63) is 23.9 Å². The minimum atomic E-state index is 0.534. The van der Waals surface area contributed by atoms with Crippen LogP contribution in [0.2, 0.25) is 0 Å². The highest BCUT2D eigenvalue weighted by Gasteiger charge is 1.85. The van der Waals surface area contributed by atoms with Crippen molar-refractivity contribution in [2.75, 3.05) is 5.73 Å². The summed E-state index contributed by atoms with van der Waals surface area (Å²) in [6.45, 7) is 2.01. The number of rotatable bonds is 0. The second-order valence-electron chi connectivity index (χ2n) is 2.13. The van der Waals surface area contributed by atoms with Crippen LogP contribution in [0.4, 0.5) is 5.82 Å². The van der Waals surface area contributed by atoms with Gasteiger partial charge in [0.1, 0.15) is 5.82 Å². The van der Waals surface area contributed by atoms with E-state index in [-0.39, 0.29) is 0 Å². The molecule has 0 aromatic carbocycles. The fourth-order valence-corrected chi connectivity index (χ4v) is 0.670. The van der Waals surface area contributed by atoms with Gasteiger partial charge in [-0.1, -0.05) is 18.8 Å². The van der Waals surface area contributed by atoms with Crippen LogP contribution in [0.15, 0.2) is 18.3 Å². The maximum absolute atomic E-state index is 5.40. The highest BCUT2D eigenvalue weighted by Crippen LogP contribution is 1.98. The predicted molar refractivity (Wildman–Crippen MR) is 45.8 cm³/mol. The molecule has 0 radical (unpaired) electrons. The Kier molecular flexibility index (Phi) is 2.51. The summed E-state index contributed by atoms with van der Waals surface area (Å²) in [5, 5.41) is 0. The van der Waals surface area contributed by atoms with Crippen LogP contribution in [0.3, 0.4) is 0 Å². The average Bonchev–Trinajstić information content (AvgIpc) is 2.04. The third-order valence-electron chi connectivity index (χ3n) is 1.20. The van der Waals surface area contributed by atoms with E-state index in [9.17, 15) is 0 Å². The monoisotopic (exact) mass is 146 g/mol. The number of anilines is 1. The van der Waals surface area contributed by atoms with Crippen molar-refractivity contribution in [3.63, 3.8) is 0 Å². The van der Waals surface area contributed by atoms with Crippen LogP contribution < -0.4 is 5.73 Å². The zero-order valence-corrected chi connectivity index (χ0v) is 6.46. The van der Waals surface area contributed by atoms with Crippen LogP contribution in [0.25, 0.3) is 0 Å². The number of nitrogen functional groups attached to an aromatic ring is 1. The summed E-state index contributed by atoms with van der Waals surface area (Å²) in [5.41, 5.74) is 6.31. The molecular weight excluding hydrogens is 136 g/mol. The van der Waals surface area contributed by atoms with Gasteiger partial charge in [0, 0.05) is 18.2 Å². The van der Waals surface area contributed by atoms with Gasteiger partial charge in [0.15, 0.2) is 0 Å². The van der Waals surface area contributed by atoms with Gasteiger partial charge in [0.05, 0.1) is 0 Å². The molecule has 0 saturated heterocycles. The molecule has 0 saturated carbocycles. The average molecular weight is 146 g/mol. The first-order chi connectivity index (χ1) is 5.33. The lowest BCUT2D eigenvalue weighted by Crippen LogP contribution is -1.88. The fraction of sp³-hybridized carbons (Fsp3) is 0.222. The summed E-state index contributed by atoms with van der Waals surface area (Å²) in [6.07, 6.45) is 2.54. The zero-order valence-electron chi connectivity index (χ0n) is 6.46. The molecule has 1 heterocycles. The van der Waals surface area contributed by atoms with Gasteiger partial charge in [-0.25, -0.2) is 4.98 Å². The largest absolute Gasteiger partial charge is 0.384 e. The summed E-state index contributed by atoms with van der Waals surface area (Å²) in [7, 11) is 0. The van der Waals surface area contributed by atoms with Crippen molar-refractivity contribution >= 4 is 5.82 Å². The van der Waals surface area contributed by atoms with E-state index < -0.39 is 0 Å². The Hall–Kier alpha value is -1.49. The van der Waals surface area contributed by atoms with Crippen LogP contribution in [0.5, 0.6) is 0 Å². The molecule has 0 unspecified atom stereocenters. The van der Waals surface area contributed by atoms with E-state index in [2.05, 4.69) is 16.8 Å². The first-order valence-corrected chi connectivity index (χ1v) is 3.53. The molecule has 0 fully saturated rings. The van der Waals surface area contributed by atoms with E-state index in [1.54, 1.807) is 12.3 Å². The van der Waals surface area contributed by atoms with Crippen molar-refractivity contribution in [1.82, 2.24) is 4.98 Å². The Balaban J connectivity index is 2.82. The zero-order chi connectivity index (χ0) is 8.10. The second-order valence-corrected chi connectivity index (χ2v) is 2.13. The Morgan fingerprint density at radius 3 is 2.91 bits per heavy atom. The third kappa shape index (κ3) is 2.30. The maximum atomic E-state index is 5.40. The lowest BCUT2D eigenvalue weighted by Gasteiger charge is -1.89. The van der Waals surface area contributed by atoms with Crippen molar-refractivity contribution in [1.29, 1.82) is 0 Å². The number of nitrogens with two attached hydrogens (primary N) is 1. The molecule has 11 heavy (non-hydrogen) atoms. The molecule has 0 spiro atoms. The maximum Gasteiger partial charge on any atom is 0.123 e. The molecule has 0 atom stereocenters. The summed E-state index contributed by atoms with van der Waals surface area (Å²) in [6, 6.07) is 3.62. The lowest BCUT2D eigenvalue weighted by molar-refractivity contribution is 1.27. The minimum Gasteiger partial charge on any atom is -0.384 e. The van der Waals surface area contributed by atoms with Crippen molar-refractivity contribution in [2.24, 2.45) is 0 Å². The number of hydrogen-bond donors (Lipinski definition) is 1. The first kappa shape index (κ1) is 7.62. The van der Waals surface area contributed by atoms with Gasteiger partial charge < -0.3 is 5.73 Å². The quantitative estimate of drug-likeness (QED) is 0.562. The highest BCUT2D eigenvalue weighted by atomic mass is 14.8. The molecule has 2 nitrogen and oxygen atoms in total. The van der Waals surface area contributed by atoms with Crippen molar-refractivity contribution in [2.45, 2.75) is 13.3 Å². The van der Waals surface area contributed by atoms with E-state index in [0.29, 0.717) is 5.82 Å². The van der Waals surface area contributed by atoms with Gasteiger partial charge in [0.2, 0.25) is 0 Å². The number of nitrogens with zero attached hydrogens (tertiary/aromatic N) is 1. The molecule has 0 aliphatic rings. The van der Waals surface area contributed by atoms with Gasteiger partial charge >= 0.3 is 0 Å². The van der Waals surface area contributed by atoms with Gasteiger partial charge in [-0.15, -0.1) is 0 Å². The summed E-state index contributed by atoms with van der Waals surface area (Å²) in [5.74, 6) is 6.44. The molecule has 2 heteroatoms. The lowest BCUT2D eigenvalue weighted by atomic mass is 10.3. The molecule has 56 valence electrons. The van der Waals surface area contributed by atoms with Crippen molar-refractivity contribution < 1.29 is 0 Å². The third-order valence-corrected chi connectivity index (χ3v) is 1.20. The topological polar surface area (TPSA) is 38.9 Å². The summed E-state index contributed by atoms with van der Waals surface area (Å²) < 4.78 is 0.